The number of halogens is 1. The highest BCUT2D eigenvalue weighted by Gasteiger charge is 2.21. The lowest BCUT2D eigenvalue weighted by atomic mass is 10.0. The number of aromatic nitrogens is 3. The van der Waals surface area contributed by atoms with Crippen molar-refractivity contribution in [3.05, 3.63) is 51.7 Å². The molecule has 2 N–H and O–H groups in total. The third-order valence-corrected chi connectivity index (χ3v) is 4.08. The Labute approximate surface area is 152 Å². The summed E-state index contributed by atoms with van der Waals surface area (Å²) >= 11 is 5.88. The third-order valence-electron chi connectivity index (χ3n) is 3.87. The van der Waals surface area contributed by atoms with Gasteiger partial charge in [0.15, 0.2) is 0 Å². The molecule has 0 aliphatic heterocycles. The van der Waals surface area contributed by atoms with E-state index < -0.39 is 22.8 Å². The van der Waals surface area contributed by atoms with Crippen molar-refractivity contribution in [2.45, 2.75) is 0 Å². The van der Waals surface area contributed by atoms with Crippen LogP contribution < -0.4 is 10.9 Å². The number of pyridine rings is 1. The lowest BCUT2D eigenvalue weighted by molar-refractivity contribution is -0.107. The van der Waals surface area contributed by atoms with Crippen molar-refractivity contribution in [1.29, 1.82) is 0 Å². The fraction of sp³-hybridized carbons (Fsp3) is 0.118. The zero-order chi connectivity index (χ0) is 18.8. The first kappa shape index (κ1) is 17.6. The van der Waals surface area contributed by atoms with Crippen molar-refractivity contribution in [1.82, 2.24) is 19.9 Å². The number of benzene rings is 1. The molecule has 2 heterocycles. The van der Waals surface area contributed by atoms with E-state index in [2.05, 4.69) is 15.3 Å². The minimum absolute atomic E-state index is 0.258. The summed E-state index contributed by atoms with van der Waals surface area (Å²) in [5.74, 6) is -1.29. The van der Waals surface area contributed by atoms with Crippen LogP contribution in [0.25, 0.3) is 22.2 Å². The number of aldehydes is 1. The predicted octanol–water partition coefficient (Wildman–Crippen LogP) is 1.28. The Morgan fingerprint density at radius 2 is 2.12 bits per heavy atom. The minimum atomic E-state index is -0.826. The fourth-order valence-corrected chi connectivity index (χ4v) is 2.76. The Bertz CT molecular complexity index is 1090. The van der Waals surface area contributed by atoms with E-state index in [1.807, 2.05) is 0 Å². The summed E-state index contributed by atoms with van der Waals surface area (Å²) in [6, 6.07) is 6.50. The predicted molar refractivity (Wildman–Crippen MR) is 95.3 cm³/mol. The maximum Gasteiger partial charge on any atom is 0.267 e. The quantitative estimate of drug-likeness (QED) is 0.526. The van der Waals surface area contributed by atoms with E-state index in [0.29, 0.717) is 23.1 Å². The normalized spacial score (nSPS) is 10.7. The van der Waals surface area contributed by atoms with Crippen LogP contribution in [0.1, 0.15) is 10.4 Å². The number of fused-ring (bicyclic) bond motifs is 1. The molecule has 0 radical (unpaired) electrons. The topological polar surface area (TPSA) is 114 Å². The number of aromatic hydroxyl groups is 1. The Hall–Kier alpha value is -3.26. The molecular formula is C17H13ClN4O4. The van der Waals surface area contributed by atoms with Gasteiger partial charge in [0.2, 0.25) is 0 Å². The van der Waals surface area contributed by atoms with Gasteiger partial charge in [-0.3, -0.25) is 9.59 Å². The van der Waals surface area contributed by atoms with Crippen molar-refractivity contribution in [2.24, 2.45) is 7.05 Å². The van der Waals surface area contributed by atoms with E-state index in [-0.39, 0.29) is 17.1 Å². The molecular weight excluding hydrogens is 360 g/mol. The average Bonchev–Trinajstić information content (AvgIpc) is 2.64. The monoisotopic (exact) mass is 372 g/mol. The van der Waals surface area contributed by atoms with Crippen LogP contribution in [0.4, 0.5) is 0 Å². The molecule has 0 aliphatic carbocycles. The van der Waals surface area contributed by atoms with Crippen LogP contribution in [0, 0.1) is 0 Å². The van der Waals surface area contributed by atoms with Crippen molar-refractivity contribution >= 4 is 34.7 Å². The number of hydrogen-bond acceptors (Lipinski definition) is 6. The van der Waals surface area contributed by atoms with Crippen LogP contribution in [-0.2, 0) is 11.8 Å². The number of aryl methyl sites for hydroxylation is 1. The van der Waals surface area contributed by atoms with Crippen molar-refractivity contribution in [2.75, 3.05) is 6.54 Å². The Morgan fingerprint density at radius 1 is 1.35 bits per heavy atom. The smallest absolute Gasteiger partial charge is 0.267 e. The maximum absolute atomic E-state index is 12.4. The number of nitrogens with one attached hydrogen (secondary N) is 1. The molecule has 0 aliphatic rings. The summed E-state index contributed by atoms with van der Waals surface area (Å²) < 4.78 is 1.25. The van der Waals surface area contributed by atoms with Gasteiger partial charge < -0.3 is 19.8 Å². The van der Waals surface area contributed by atoms with Crippen LogP contribution in [0.3, 0.4) is 0 Å². The van der Waals surface area contributed by atoms with Crippen LogP contribution in [-0.4, -0.2) is 38.4 Å². The van der Waals surface area contributed by atoms with Crippen molar-refractivity contribution in [3.63, 3.8) is 0 Å². The number of nitrogens with zero attached hydrogens (tertiary/aromatic N) is 3. The second kappa shape index (κ2) is 6.93. The van der Waals surface area contributed by atoms with E-state index in [4.69, 9.17) is 11.6 Å². The molecule has 0 saturated heterocycles. The van der Waals surface area contributed by atoms with Gasteiger partial charge in [-0.1, -0.05) is 17.7 Å². The summed E-state index contributed by atoms with van der Waals surface area (Å²) in [6.07, 6.45) is 1.79. The molecule has 9 heteroatoms. The number of amides is 1. The molecule has 8 nitrogen and oxygen atoms in total. The average molecular weight is 373 g/mol. The molecule has 0 spiro atoms. The molecule has 1 aromatic carbocycles. The standard InChI is InChI=1S/C17H13ClN4O4/c1-22-12-3-2-9(11-7-13(18)21-8-20-11)6-10(12)15(24)14(17(22)26)16(25)19-4-5-23/h2-3,5-8,24H,4H2,1H3,(H,19,25). The molecule has 2 aromatic heterocycles. The number of hydrogen-bond donors (Lipinski definition) is 2. The summed E-state index contributed by atoms with van der Waals surface area (Å²) in [5.41, 5.74) is 0.474. The molecule has 3 rings (SSSR count). The van der Waals surface area contributed by atoms with E-state index in [0.717, 1.165) is 0 Å². The highest BCUT2D eigenvalue weighted by atomic mass is 35.5. The third kappa shape index (κ3) is 3.02. The van der Waals surface area contributed by atoms with Crippen molar-refractivity contribution in [3.8, 4) is 17.0 Å². The van der Waals surface area contributed by atoms with Gasteiger partial charge in [-0.15, -0.1) is 0 Å². The minimum Gasteiger partial charge on any atom is -0.506 e. The number of carbonyl (C=O) groups is 2. The van der Waals surface area contributed by atoms with Crippen molar-refractivity contribution < 1.29 is 14.7 Å². The summed E-state index contributed by atoms with van der Waals surface area (Å²) in [6.45, 7) is -0.265. The Kier molecular flexibility index (Phi) is 4.68. The molecule has 0 unspecified atom stereocenters. The Balaban J connectivity index is 2.24. The molecule has 1 amide bonds. The molecule has 0 fully saturated rings. The second-order valence-electron chi connectivity index (χ2n) is 5.42. The van der Waals surface area contributed by atoms with E-state index in [1.54, 1.807) is 24.3 Å². The summed E-state index contributed by atoms with van der Waals surface area (Å²) in [4.78, 5) is 43.0. The summed E-state index contributed by atoms with van der Waals surface area (Å²) in [7, 11) is 1.49. The largest absolute Gasteiger partial charge is 0.506 e. The molecule has 132 valence electrons. The van der Waals surface area contributed by atoms with Crippen LogP contribution in [0.15, 0.2) is 35.4 Å². The van der Waals surface area contributed by atoms with Gasteiger partial charge in [0, 0.05) is 24.1 Å². The molecule has 0 atom stereocenters. The second-order valence-corrected chi connectivity index (χ2v) is 5.81. The first-order valence-corrected chi connectivity index (χ1v) is 7.87. The van der Waals surface area contributed by atoms with E-state index in [9.17, 15) is 19.5 Å². The first-order chi connectivity index (χ1) is 12.4. The van der Waals surface area contributed by atoms with Gasteiger partial charge in [0.05, 0.1) is 17.8 Å². The zero-order valence-corrected chi connectivity index (χ0v) is 14.3. The fourth-order valence-electron chi connectivity index (χ4n) is 2.61. The van der Waals surface area contributed by atoms with Gasteiger partial charge in [0.1, 0.15) is 29.1 Å². The molecule has 0 bridgehead atoms. The lowest BCUT2D eigenvalue weighted by Crippen LogP contribution is -2.33. The summed E-state index contributed by atoms with van der Waals surface area (Å²) in [5, 5.41) is 13.3. The first-order valence-electron chi connectivity index (χ1n) is 7.49. The number of carbonyl (C=O) groups excluding carboxylic acids is 2. The zero-order valence-electron chi connectivity index (χ0n) is 13.6. The van der Waals surface area contributed by atoms with Gasteiger partial charge in [-0.05, 0) is 12.1 Å². The van der Waals surface area contributed by atoms with Gasteiger partial charge in [-0.25, -0.2) is 9.97 Å². The molecule has 3 aromatic rings. The number of rotatable bonds is 4. The molecule has 26 heavy (non-hydrogen) atoms. The van der Waals surface area contributed by atoms with E-state index >= 15 is 0 Å². The molecule has 0 saturated carbocycles. The van der Waals surface area contributed by atoms with Gasteiger partial charge >= 0.3 is 0 Å². The van der Waals surface area contributed by atoms with Crippen LogP contribution in [0.5, 0.6) is 5.75 Å². The maximum atomic E-state index is 12.4. The van der Waals surface area contributed by atoms with Gasteiger partial charge in [0.25, 0.3) is 11.5 Å². The van der Waals surface area contributed by atoms with Crippen LogP contribution >= 0.6 is 11.6 Å². The van der Waals surface area contributed by atoms with E-state index in [1.165, 1.54) is 17.9 Å². The highest BCUT2D eigenvalue weighted by Crippen LogP contribution is 2.30. The lowest BCUT2D eigenvalue weighted by Gasteiger charge is -2.12. The van der Waals surface area contributed by atoms with Crippen LogP contribution in [0.2, 0.25) is 5.15 Å². The van der Waals surface area contributed by atoms with Gasteiger partial charge in [-0.2, -0.15) is 0 Å². The highest BCUT2D eigenvalue weighted by molar-refractivity contribution is 6.29. The Morgan fingerprint density at radius 3 is 2.81 bits per heavy atom. The SMILES string of the molecule is Cn1c(=O)c(C(=O)NCC=O)c(O)c2cc(-c3cc(Cl)ncn3)ccc21.